The van der Waals surface area contributed by atoms with Crippen molar-refractivity contribution in [2.45, 2.75) is 6.92 Å². The Morgan fingerprint density at radius 3 is 2.50 bits per heavy atom. The van der Waals surface area contributed by atoms with Gasteiger partial charge in [0.1, 0.15) is 0 Å². The van der Waals surface area contributed by atoms with Crippen molar-refractivity contribution in [1.82, 2.24) is 0 Å². The zero-order valence-electron chi connectivity index (χ0n) is 6.71. The van der Waals surface area contributed by atoms with Crippen LogP contribution < -0.4 is 0 Å². The summed E-state index contributed by atoms with van der Waals surface area (Å²) in [6.07, 6.45) is 0. The summed E-state index contributed by atoms with van der Waals surface area (Å²) < 4.78 is 6.23. The molecule has 0 saturated carbocycles. The fourth-order valence-corrected chi connectivity index (χ4v) is 1.32. The Hall–Kier alpha value is -0.410. The molecule has 0 atom stereocenters. The molecule has 1 aromatic carbocycles. The van der Waals surface area contributed by atoms with E-state index in [-0.39, 0.29) is 0 Å². The normalized spacial score (nSPS) is 9.50. The van der Waals surface area contributed by atoms with Crippen LogP contribution in [0.2, 0.25) is 0 Å². The Kier molecular flexibility index (Phi) is 3.69. The summed E-state index contributed by atoms with van der Waals surface area (Å²) in [6.45, 7) is 2.54. The molecule has 0 saturated heterocycles. The van der Waals surface area contributed by atoms with Crippen LogP contribution in [0.3, 0.4) is 0 Å². The number of benzene rings is 1. The second-order valence-corrected chi connectivity index (χ2v) is 3.51. The van der Waals surface area contributed by atoms with E-state index in [1.807, 2.05) is 31.2 Å². The molecule has 1 aromatic rings. The van der Waals surface area contributed by atoms with E-state index in [0.29, 0.717) is 11.7 Å². The van der Waals surface area contributed by atoms with Crippen LogP contribution in [-0.2, 0) is 4.74 Å². The molecule has 0 heterocycles. The lowest BCUT2D eigenvalue weighted by Gasteiger charge is -2.03. The standard InChI is InChI=1S/C9H9BrOS/c1-2-11-9(12)7-3-5-8(10)6-4-7/h3-6H,2H2,1H3. The highest BCUT2D eigenvalue weighted by atomic mass is 79.9. The molecule has 1 nitrogen and oxygen atoms in total. The number of hydrogen-bond donors (Lipinski definition) is 0. The van der Waals surface area contributed by atoms with E-state index in [0.717, 1.165) is 10.0 Å². The zero-order chi connectivity index (χ0) is 8.97. The molecule has 64 valence electrons. The van der Waals surface area contributed by atoms with E-state index in [2.05, 4.69) is 15.9 Å². The molecule has 0 aliphatic rings. The van der Waals surface area contributed by atoms with Crippen molar-refractivity contribution in [3.8, 4) is 0 Å². The van der Waals surface area contributed by atoms with Gasteiger partial charge < -0.3 is 4.74 Å². The number of ether oxygens (including phenoxy) is 1. The topological polar surface area (TPSA) is 9.23 Å². The van der Waals surface area contributed by atoms with E-state index in [9.17, 15) is 0 Å². The molecule has 3 heteroatoms. The first-order chi connectivity index (χ1) is 5.74. The van der Waals surface area contributed by atoms with Crippen LogP contribution in [0.4, 0.5) is 0 Å². The fraction of sp³-hybridized carbons (Fsp3) is 0.222. The fourth-order valence-electron chi connectivity index (χ4n) is 0.800. The van der Waals surface area contributed by atoms with Gasteiger partial charge in [-0.05, 0) is 43.4 Å². The van der Waals surface area contributed by atoms with Gasteiger partial charge in [-0.1, -0.05) is 15.9 Å². The summed E-state index contributed by atoms with van der Waals surface area (Å²) in [5, 5.41) is 0.560. The monoisotopic (exact) mass is 244 g/mol. The molecular weight excluding hydrogens is 236 g/mol. The highest BCUT2D eigenvalue weighted by Crippen LogP contribution is 2.11. The van der Waals surface area contributed by atoms with E-state index < -0.39 is 0 Å². The summed E-state index contributed by atoms with van der Waals surface area (Å²) in [4.78, 5) is 0. The van der Waals surface area contributed by atoms with Gasteiger partial charge in [0.05, 0.1) is 6.61 Å². The summed E-state index contributed by atoms with van der Waals surface area (Å²) in [5.41, 5.74) is 0.954. The van der Waals surface area contributed by atoms with E-state index in [1.54, 1.807) is 0 Å². The van der Waals surface area contributed by atoms with Crippen LogP contribution in [0, 0.1) is 0 Å². The van der Waals surface area contributed by atoms with Gasteiger partial charge in [-0.3, -0.25) is 0 Å². The maximum absolute atomic E-state index is 5.18. The van der Waals surface area contributed by atoms with Crippen LogP contribution >= 0.6 is 28.1 Å². The van der Waals surface area contributed by atoms with Gasteiger partial charge in [0.15, 0.2) is 5.05 Å². The zero-order valence-corrected chi connectivity index (χ0v) is 9.11. The Balaban J connectivity index is 2.75. The third kappa shape index (κ3) is 2.57. The van der Waals surface area contributed by atoms with Crippen molar-refractivity contribution >= 4 is 33.2 Å². The maximum Gasteiger partial charge on any atom is 0.191 e. The van der Waals surface area contributed by atoms with Gasteiger partial charge in [0.2, 0.25) is 0 Å². The van der Waals surface area contributed by atoms with E-state index in [1.165, 1.54) is 0 Å². The average Bonchev–Trinajstić information content (AvgIpc) is 2.06. The third-order valence-electron chi connectivity index (χ3n) is 1.36. The summed E-state index contributed by atoms with van der Waals surface area (Å²) >= 11 is 8.37. The molecule has 0 aliphatic carbocycles. The minimum atomic E-state index is 0.560. The van der Waals surface area contributed by atoms with Gasteiger partial charge in [-0.25, -0.2) is 0 Å². The Morgan fingerprint density at radius 1 is 1.42 bits per heavy atom. The Bertz CT molecular complexity index is 268. The van der Waals surface area contributed by atoms with Crippen LogP contribution in [0.1, 0.15) is 12.5 Å². The largest absolute Gasteiger partial charge is 0.483 e. The molecule has 0 amide bonds. The second-order valence-electron chi connectivity index (χ2n) is 2.23. The molecular formula is C9H9BrOS. The third-order valence-corrected chi connectivity index (χ3v) is 2.24. The first-order valence-corrected chi connectivity index (χ1v) is 4.87. The molecule has 12 heavy (non-hydrogen) atoms. The number of halogens is 1. The summed E-state index contributed by atoms with van der Waals surface area (Å²) in [6, 6.07) is 7.76. The molecule has 0 fully saturated rings. The van der Waals surface area contributed by atoms with Crippen LogP contribution in [-0.4, -0.2) is 11.7 Å². The quantitative estimate of drug-likeness (QED) is 0.740. The van der Waals surface area contributed by atoms with E-state index in [4.69, 9.17) is 17.0 Å². The number of rotatable bonds is 2. The average molecular weight is 245 g/mol. The predicted molar refractivity (Wildman–Crippen MR) is 57.5 cm³/mol. The number of hydrogen-bond acceptors (Lipinski definition) is 2. The van der Waals surface area contributed by atoms with Crippen molar-refractivity contribution in [3.05, 3.63) is 34.3 Å². The lowest BCUT2D eigenvalue weighted by molar-refractivity contribution is 0.337. The molecule has 0 bridgehead atoms. The SMILES string of the molecule is CCOC(=S)c1ccc(Br)cc1. The van der Waals surface area contributed by atoms with Crippen molar-refractivity contribution in [2.24, 2.45) is 0 Å². The maximum atomic E-state index is 5.18. The molecule has 1 rings (SSSR count). The Morgan fingerprint density at radius 2 is 2.00 bits per heavy atom. The van der Waals surface area contributed by atoms with Crippen molar-refractivity contribution < 1.29 is 4.74 Å². The minimum absolute atomic E-state index is 0.560. The smallest absolute Gasteiger partial charge is 0.191 e. The van der Waals surface area contributed by atoms with Gasteiger partial charge in [-0.15, -0.1) is 0 Å². The van der Waals surface area contributed by atoms with Crippen LogP contribution in [0.15, 0.2) is 28.7 Å². The Labute approximate surface area is 85.9 Å². The molecule has 0 spiro atoms. The molecule has 0 aliphatic heterocycles. The molecule has 0 radical (unpaired) electrons. The van der Waals surface area contributed by atoms with Crippen molar-refractivity contribution in [3.63, 3.8) is 0 Å². The number of thiocarbonyl (C=S) groups is 1. The van der Waals surface area contributed by atoms with Gasteiger partial charge >= 0.3 is 0 Å². The lowest BCUT2D eigenvalue weighted by atomic mass is 10.2. The van der Waals surface area contributed by atoms with E-state index >= 15 is 0 Å². The van der Waals surface area contributed by atoms with Gasteiger partial charge in [0.25, 0.3) is 0 Å². The van der Waals surface area contributed by atoms with Crippen LogP contribution in [0.5, 0.6) is 0 Å². The van der Waals surface area contributed by atoms with Crippen molar-refractivity contribution in [2.75, 3.05) is 6.61 Å². The summed E-state index contributed by atoms with van der Waals surface area (Å²) in [5.74, 6) is 0. The molecule has 0 N–H and O–H groups in total. The first kappa shape index (κ1) is 9.68. The highest BCUT2D eigenvalue weighted by molar-refractivity contribution is 9.10. The van der Waals surface area contributed by atoms with Gasteiger partial charge in [-0.2, -0.15) is 0 Å². The second kappa shape index (κ2) is 4.58. The van der Waals surface area contributed by atoms with Gasteiger partial charge in [0, 0.05) is 10.0 Å². The first-order valence-electron chi connectivity index (χ1n) is 3.66. The van der Waals surface area contributed by atoms with Crippen molar-refractivity contribution in [1.29, 1.82) is 0 Å². The molecule has 0 aromatic heterocycles. The molecule has 0 unspecified atom stereocenters. The lowest BCUT2D eigenvalue weighted by Crippen LogP contribution is -2.02. The minimum Gasteiger partial charge on any atom is -0.483 e. The van der Waals surface area contributed by atoms with Crippen LogP contribution in [0.25, 0.3) is 0 Å². The highest BCUT2D eigenvalue weighted by Gasteiger charge is 1.99. The predicted octanol–water partition coefficient (Wildman–Crippen LogP) is 3.16. The summed E-state index contributed by atoms with van der Waals surface area (Å²) in [7, 11) is 0.